The van der Waals surface area contributed by atoms with E-state index in [0.29, 0.717) is 11.7 Å². The van der Waals surface area contributed by atoms with E-state index >= 15 is 0 Å². The Labute approximate surface area is 145 Å². The van der Waals surface area contributed by atoms with Crippen molar-refractivity contribution in [1.29, 1.82) is 0 Å². The van der Waals surface area contributed by atoms with Gasteiger partial charge < -0.3 is 15.0 Å². The molecule has 1 atom stereocenters. The molecule has 128 valence electrons. The van der Waals surface area contributed by atoms with Gasteiger partial charge >= 0.3 is 0 Å². The first-order valence-corrected chi connectivity index (χ1v) is 8.40. The van der Waals surface area contributed by atoms with Crippen LogP contribution in [0.2, 0.25) is 0 Å². The highest BCUT2D eigenvalue weighted by Crippen LogP contribution is 2.36. The fourth-order valence-electron chi connectivity index (χ4n) is 3.48. The summed E-state index contributed by atoms with van der Waals surface area (Å²) in [4.78, 5) is 7.87. The second kappa shape index (κ2) is 6.33. The molecule has 1 aliphatic heterocycles. The molecule has 4 nitrogen and oxygen atoms in total. The minimum absolute atomic E-state index is 0.286. The summed E-state index contributed by atoms with van der Waals surface area (Å²) in [5, 5.41) is 4.33. The zero-order valence-electron chi connectivity index (χ0n) is 14.3. The van der Waals surface area contributed by atoms with Gasteiger partial charge in [-0.25, -0.2) is 9.37 Å². The van der Waals surface area contributed by atoms with Crippen molar-refractivity contribution in [3.05, 3.63) is 54.1 Å². The molecule has 0 unspecified atom stereocenters. The minimum atomic E-state index is -0.286. The minimum Gasteiger partial charge on any atom is -0.496 e. The summed E-state index contributed by atoms with van der Waals surface area (Å²) in [6, 6.07) is 8.58. The van der Waals surface area contributed by atoms with Crippen molar-refractivity contribution < 1.29 is 9.13 Å². The van der Waals surface area contributed by atoms with Crippen molar-refractivity contribution in [2.24, 2.45) is 5.92 Å². The first-order chi connectivity index (χ1) is 12.2. The summed E-state index contributed by atoms with van der Waals surface area (Å²) in [5.41, 5.74) is 4.79. The van der Waals surface area contributed by atoms with Crippen molar-refractivity contribution in [2.45, 2.75) is 6.92 Å². The Balaban J connectivity index is 1.89. The highest BCUT2D eigenvalue weighted by atomic mass is 19.1. The normalized spacial score (nSPS) is 17.6. The molecule has 3 heterocycles. The number of hydrogen-bond acceptors (Lipinski definition) is 3. The van der Waals surface area contributed by atoms with E-state index < -0.39 is 0 Å². The standard InChI is InChI=1S/C20H20FN3O/c1-12-11-22-7-5-14(12)18-10-17-15(6-8-23-20(17)24-18)16-9-13(21)3-4-19(16)25-2/h3-6,8-10,12,22H,7,11H2,1-2H3,(H,23,24)/t12-/m1/s1. The molecule has 0 bridgehead atoms. The van der Waals surface area contributed by atoms with Crippen molar-refractivity contribution in [2.75, 3.05) is 20.2 Å². The average molecular weight is 337 g/mol. The fourth-order valence-corrected chi connectivity index (χ4v) is 3.48. The van der Waals surface area contributed by atoms with Crippen LogP contribution in [0.3, 0.4) is 0 Å². The van der Waals surface area contributed by atoms with E-state index in [0.717, 1.165) is 40.9 Å². The van der Waals surface area contributed by atoms with Crippen LogP contribution in [0, 0.1) is 11.7 Å². The van der Waals surface area contributed by atoms with Crippen LogP contribution in [0.4, 0.5) is 4.39 Å². The van der Waals surface area contributed by atoms with Crippen molar-refractivity contribution >= 4 is 16.6 Å². The molecule has 5 heteroatoms. The smallest absolute Gasteiger partial charge is 0.138 e. The number of aromatic amines is 1. The Morgan fingerprint density at radius 3 is 2.88 bits per heavy atom. The van der Waals surface area contributed by atoms with Crippen LogP contribution in [0.1, 0.15) is 12.6 Å². The van der Waals surface area contributed by atoms with Crippen molar-refractivity contribution in [1.82, 2.24) is 15.3 Å². The molecule has 25 heavy (non-hydrogen) atoms. The zero-order valence-corrected chi connectivity index (χ0v) is 14.3. The molecule has 0 spiro atoms. The lowest BCUT2D eigenvalue weighted by atomic mass is 9.94. The van der Waals surface area contributed by atoms with Crippen LogP contribution in [0.15, 0.2) is 42.6 Å². The van der Waals surface area contributed by atoms with Crippen LogP contribution in [-0.4, -0.2) is 30.2 Å². The van der Waals surface area contributed by atoms with Gasteiger partial charge in [0, 0.05) is 35.9 Å². The number of nitrogens with zero attached hydrogens (tertiary/aromatic N) is 1. The Kier molecular flexibility index (Phi) is 4.01. The number of fused-ring (bicyclic) bond motifs is 1. The second-order valence-electron chi connectivity index (χ2n) is 6.37. The van der Waals surface area contributed by atoms with Gasteiger partial charge in [0.1, 0.15) is 17.2 Å². The van der Waals surface area contributed by atoms with E-state index in [4.69, 9.17) is 4.74 Å². The molecule has 0 aliphatic carbocycles. The van der Waals surface area contributed by atoms with Crippen LogP contribution in [-0.2, 0) is 0 Å². The Bertz CT molecular complexity index is 961. The maximum absolute atomic E-state index is 13.8. The maximum atomic E-state index is 13.8. The van der Waals surface area contributed by atoms with Gasteiger partial charge in [0.2, 0.25) is 0 Å². The lowest BCUT2D eigenvalue weighted by Gasteiger charge is -2.20. The molecule has 0 saturated carbocycles. The third-order valence-electron chi connectivity index (χ3n) is 4.74. The van der Waals surface area contributed by atoms with Gasteiger partial charge in [-0.1, -0.05) is 13.0 Å². The van der Waals surface area contributed by atoms with E-state index in [2.05, 4.69) is 34.4 Å². The second-order valence-corrected chi connectivity index (χ2v) is 6.37. The molecule has 4 rings (SSSR count). The average Bonchev–Trinajstić information content (AvgIpc) is 3.06. The summed E-state index contributed by atoms with van der Waals surface area (Å²) in [7, 11) is 1.60. The van der Waals surface area contributed by atoms with E-state index in [1.807, 2.05) is 6.07 Å². The number of halogens is 1. The largest absolute Gasteiger partial charge is 0.496 e. The SMILES string of the molecule is COc1ccc(F)cc1-c1ccnc2[nH]c(C3=CCNC[C@H]3C)cc12. The third-order valence-corrected chi connectivity index (χ3v) is 4.74. The summed E-state index contributed by atoms with van der Waals surface area (Å²) >= 11 is 0. The number of aromatic nitrogens is 2. The van der Waals surface area contributed by atoms with E-state index in [-0.39, 0.29) is 5.82 Å². The monoisotopic (exact) mass is 337 g/mol. The predicted octanol–water partition coefficient (Wildman–Crippen LogP) is 4.00. The molecule has 2 N–H and O–H groups in total. The summed E-state index contributed by atoms with van der Waals surface area (Å²) in [6.07, 6.45) is 3.95. The predicted molar refractivity (Wildman–Crippen MR) is 98.1 cm³/mol. The van der Waals surface area contributed by atoms with Crippen LogP contribution in [0.5, 0.6) is 5.75 Å². The molecular formula is C20H20FN3O. The van der Waals surface area contributed by atoms with E-state index in [1.54, 1.807) is 19.4 Å². The summed E-state index contributed by atoms with van der Waals surface area (Å²) in [6.45, 7) is 4.03. The lowest BCUT2D eigenvalue weighted by Crippen LogP contribution is -2.27. The number of benzene rings is 1. The van der Waals surface area contributed by atoms with Gasteiger partial charge in [0.15, 0.2) is 0 Å². The highest BCUT2D eigenvalue weighted by molar-refractivity contribution is 5.96. The molecule has 0 radical (unpaired) electrons. The Morgan fingerprint density at radius 1 is 1.20 bits per heavy atom. The molecule has 0 saturated heterocycles. The highest BCUT2D eigenvalue weighted by Gasteiger charge is 2.18. The number of methoxy groups -OCH3 is 1. The molecule has 3 aromatic rings. The summed E-state index contributed by atoms with van der Waals surface area (Å²) < 4.78 is 19.2. The lowest BCUT2D eigenvalue weighted by molar-refractivity contribution is 0.415. The van der Waals surface area contributed by atoms with Gasteiger partial charge in [-0.05, 0) is 47.4 Å². The van der Waals surface area contributed by atoms with Gasteiger partial charge in [0.25, 0.3) is 0 Å². The van der Waals surface area contributed by atoms with Crippen molar-refractivity contribution in [3.63, 3.8) is 0 Å². The summed E-state index contributed by atoms with van der Waals surface area (Å²) in [5.74, 6) is 0.784. The first-order valence-electron chi connectivity index (χ1n) is 8.40. The number of rotatable bonds is 3. The topological polar surface area (TPSA) is 49.9 Å². The zero-order chi connectivity index (χ0) is 17.4. The van der Waals surface area contributed by atoms with E-state index in [1.165, 1.54) is 17.7 Å². The van der Waals surface area contributed by atoms with Gasteiger partial charge in [-0.15, -0.1) is 0 Å². The van der Waals surface area contributed by atoms with Gasteiger partial charge in [0.05, 0.1) is 7.11 Å². The molecule has 1 aliphatic rings. The van der Waals surface area contributed by atoms with Gasteiger partial charge in [-0.2, -0.15) is 0 Å². The van der Waals surface area contributed by atoms with E-state index in [9.17, 15) is 4.39 Å². The van der Waals surface area contributed by atoms with Crippen molar-refractivity contribution in [3.8, 4) is 16.9 Å². The number of pyridine rings is 1. The van der Waals surface area contributed by atoms with Crippen LogP contribution >= 0.6 is 0 Å². The maximum Gasteiger partial charge on any atom is 0.138 e. The Hall–Kier alpha value is -2.66. The quantitative estimate of drug-likeness (QED) is 0.759. The van der Waals surface area contributed by atoms with Crippen LogP contribution in [0.25, 0.3) is 27.7 Å². The molecule has 1 aromatic carbocycles. The molecule has 0 fully saturated rings. The van der Waals surface area contributed by atoms with Gasteiger partial charge in [-0.3, -0.25) is 0 Å². The number of nitrogens with one attached hydrogen (secondary N) is 2. The molecule has 2 aromatic heterocycles. The Morgan fingerprint density at radius 2 is 2.08 bits per heavy atom. The van der Waals surface area contributed by atoms with Crippen LogP contribution < -0.4 is 10.1 Å². The molecular weight excluding hydrogens is 317 g/mol. The number of ether oxygens (including phenoxy) is 1. The number of hydrogen-bond donors (Lipinski definition) is 2. The third kappa shape index (κ3) is 2.81. The number of H-pyrrole nitrogens is 1. The fraction of sp³-hybridized carbons (Fsp3) is 0.250. The molecule has 0 amide bonds. The first kappa shape index (κ1) is 15.8.